The summed E-state index contributed by atoms with van der Waals surface area (Å²) in [6.07, 6.45) is 7.23. The van der Waals surface area contributed by atoms with Gasteiger partial charge in [-0.25, -0.2) is 4.99 Å². The molecule has 1 amide bonds. The van der Waals surface area contributed by atoms with Gasteiger partial charge in [0.25, 0.3) is 5.89 Å². The topological polar surface area (TPSA) is 141 Å². The zero-order chi connectivity index (χ0) is 26.0. The van der Waals surface area contributed by atoms with Gasteiger partial charge in [-0.2, -0.15) is 10.1 Å². The molecule has 0 unspecified atom stereocenters. The lowest BCUT2D eigenvalue weighted by atomic mass is 9.77. The predicted molar refractivity (Wildman–Crippen MR) is 138 cm³/mol. The van der Waals surface area contributed by atoms with Crippen LogP contribution in [0, 0.1) is 5.92 Å². The number of aliphatic imine (C=N–C) groups is 1. The fourth-order valence-electron chi connectivity index (χ4n) is 4.06. The Morgan fingerprint density at radius 3 is 2.58 bits per heavy atom. The van der Waals surface area contributed by atoms with E-state index < -0.39 is 5.41 Å². The number of nitrogens with zero attached hydrogens (tertiary/aromatic N) is 6. The van der Waals surface area contributed by atoms with Gasteiger partial charge in [0.15, 0.2) is 5.82 Å². The van der Waals surface area contributed by atoms with Crippen molar-refractivity contribution in [3.8, 4) is 11.5 Å². The lowest BCUT2D eigenvalue weighted by Gasteiger charge is -2.27. The molecule has 0 radical (unpaired) electrons. The quantitative estimate of drug-likeness (QED) is 0.441. The second kappa shape index (κ2) is 9.80. The molecule has 0 aliphatic heterocycles. The van der Waals surface area contributed by atoms with Crippen LogP contribution in [-0.4, -0.2) is 50.5 Å². The number of amides is 1. The molecule has 0 saturated heterocycles. The average molecular weight is 489 g/mol. The molecule has 188 valence electrons. The Morgan fingerprint density at radius 1 is 1.31 bits per heavy atom. The molecular formula is C26H32N8O2. The summed E-state index contributed by atoms with van der Waals surface area (Å²) in [5.41, 5.74) is 14.8. The van der Waals surface area contributed by atoms with Crippen LogP contribution >= 0.6 is 0 Å². The second-order valence-corrected chi connectivity index (χ2v) is 9.43. The van der Waals surface area contributed by atoms with E-state index in [4.69, 9.17) is 21.0 Å². The minimum atomic E-state index is -0.417. The number of benzene rings is 1. The smallest absolute Gasteiger partial charge is 0.261 e. The molecule has 1 aliphatic rings. The monoisotopic (exact) mass is 488 g/mol. The van der Waals surface area contributed by atoms with Crippen molar-refractivity contribution in [2.24, 2.45) is 22.4 Å². The Balaban J connectivity index is 1.62. The highest BCUT2D eigenvalue weighted by atomic mass is 16.5. The molecule has 1 fully saturated rings. The van der Waals surface area contributed by atoms with Crippen LogP contribution in [-0.2, 0) is 16.8 Å². The fourth-order valence-corrected chi connectivity index (χ4v) is 4.06. The zero-order valence-corrected chi connectivity index (χ0v) is 21.1. The summed E-state index contributed by atoms with van der Waals surface area (Å²) < 4.78 is 7.20. The molecule has 2 heterocycles. The van der Waals surface area contributed by atoms with E-state index >= 15 is 0 Å². The first-order valence-corrected chi connectivity index (χ1v) is 11.7. The Morgan fingerprint density at radius 2 is 2.00 bits per heavy atom. The van der Waals surface area contributed by atoms with Crippen molar-refractivity contribution < 1.29 is 9.32 Å². The van der Waals surface area contributed by atoms with Gasteiger partial charge < -0.3 is 20.9 Å². The molecule has 10 nitrogen and oxygen atoms in total. The van der Waals surface area contributed by atoms with E-state index in [0.717, 1.165) is 24.0 Å². The normalized spacial score (nSPS) is 15.3. The molecule has 3 aromatic rings. The van der Waals surface area contributed by atoms with E-state index in [-0.39, 0.29) is 18.3 Å². The maximum Gasteiger partial charge on any atom is 0.261 e. The van der Waals surface area contributed by atoms with Gasteiger partial charge >= 0.3 is 0 Å². The van der Waals surface area contributed by atoms with E-state index in [1.54, 1.807) is 44.2 Å². The van der Waals surface area contributed by atoms with Crippen molar-refractivity contribution in [2.45, 2.75) is 38.6 Å². The maximum absolute atomic E-state index is 12.0. The van der Waals surface area contributed by atoms with Gasteiger partial charge in [-0.05, 0) is 44.2 Å². The number of allylic oxidation sites excluding steroid dienone is 2. The summed E-state index contributed by atoms with van der Waals surface area (Å²) in [7, 11) is 3.42. The van der Waals surface area contributed by atoms with E-state index in [2.05, 4.69) is 40.9 Å². The van der Waals surface area contributed by atoms with Crippen molar-refractivity contribution in [1.82, 2.24) is 24.8 Å². The van der Waals surface area contributed by atoms with Crippen molar-refractivity contribution in [3.05, 3.63) is 77.8 Å². The second-order valence-electron chi connectivity index (χ2n) is 9.43. The fraction of sp³-hybridized carbons (Fsp3) is 0.346. The number of aromatic nitrogens is 4. The Kier molecular flexibility index (Phi) is 6.78. The molecule has 0 spiro atoms. The Bertz CT molecular complexity index is 1320. The summed E-state index contributed by atoms with van der Waals surface area (Å²) in [6, 6.07) is 8.14. The predicted octanol–water partition coefficient (Wildman–Crippen LogP) is 2.82. The van der Waals surface area contributed by atoms with Crippen LogP contribution in [0.5, 0.6) is 0 Å². The number of carbonyl (C=O) groups excluding carboxylic acids is 1. The van der Waals surface area contributed by atoms with Crippen molar-refractivity contribution in [2.75, 3.05) is 14.1 Å². The third-order valence-corrected chi connectivity index (χ3v) is 6.64. The molecule has 4 N–H and O–H groups in total. The van der Waals surface area contributed by atoms with Crippen LogP contribution < -0.4 is 11.5 Å². The summed E-state index contributed by atoms with van der Waals surface area (Å²) in [5, 5.41) is 8.62. The highest BCUT2D eigenvalue weighted by molar-refractivity contribution is 6.08. The van der Waals surface area contributed by atoms with Gasteiger partial charge in [-0.1, -0.05) is 36.0 Å². The lowest BCUT2D eigenvalue weighted by molar-refractivity contribution is -0.129. The molecule has 1 atom stereocenters. The molecule has 1 aromatic carbocycles. The van der Waals surface area contributed by atoms with Gasteiger partial charge in [-0.3, -0.25) is 9.48 Å². The van der Waals surface area contributed by atoms with Crippen LogP contribution in [0.2, 0.25) is 0 Å². The van der Waals surface area contributed by atoms with Crippen molar-refractivity contribution in [1.29, 1.82) is 0 Å². The summed E-state index contributed by atoms with van der Waals surface area (Å²) >= 11 is 0. The number of nitrogens with two attached hydrogens (primary N) is 2. The SMILES string of the molecule is C=C/C(=N\C(C)=C(N)N)c1ccc([C@](C)(c2noc(-c3cnn(CC(=O)N(C)C)c3)n2)C2CC2)cc1. The number of hydrogen-bond donors (Lipinski definition) is 2. The van der Waals surface area contributed by atoms with Crippen molar-refractivity contribution in [3.63, 3.8) is 0 Å². The Hall–Kier alpha value is -4.21. The highest BCUT2D eigenvalue weighted by Gasteiger charge is 2.47. The standard InChI is InChI=1S/C26H32N8O2/c1-6-21(30-16(2)23(27)28)17-7-9-19(10-8-17)26(3,20-11-12-20)25-31-24(36-32-25)18-13-29-34(14-18)15-22(35)33(4)5/h6-10,13-14,20H,1,11-12,15,27-28H2,2-5H3/b30-21+/t26-/m0/s1. The number of hydrogen-bond acceptors (Lipinski definition) is 8. The Labute approximate surface area is 210 Å². The van der Waals surface area contributed by atoms with Crippen LogP contribution in [0.3, 0.4) is 0 Å². The first-order valence-electron chi connectivity index (χ1n) is 11.7. The lowest BCUT2D eigenvalue weighted by Crippen LogP contribution is -2.28. The van der Waals surface area contributed by atoms with Crippen LogP contribution in [0.25, 0.3) is 11.5 Å². The van der Waals surface area contributed by atoms with Gasteiger partial charge in [0.1, 0.15) is 12.4 Å². The third kappa shape index (κ3) is 4.93. The third-order valence-electron chi connectivity index (χ3n) is 6.64. The average Bonchev–Trinajstić information content (AvgIpc) is 3.42. The van der Waals surface area contributed by atoms with Crippen LogP contribution in [0.15, 0.2) is 70.3 Å². The number of rotatable bonds is 9. The molecule has 2 aromatic heterocycles. The van der Waals surface area contributed by atoms with Crippen molar-refractivity contribution >= 4 is 11.6 Å². The summed E-state index contributed by atoms with van der Waals surface area (Å²) in [4.78, 5) is 22.7. The molecule has 36 heavy (non-hydrogen) atoms. The van der Waals surface area contributed by atoms with Gasteiger partial charge in [0.2, 0.25) is 5.91 Å². The number of carbonyl (C=O) groups is 1. The van der Waals surface area contributed by atoms with E-state index in [1.165, 1.54) is 4.90 Å². The minimum absolute atomic E-state index is 0.0528. The summed E-state index contributed by atoms with van der Waals surface area (Å²) in [5.74, 6) is 1.53. The van der Waals surface area contributed by atoms with Gasteiger partial charge in [0.05, 0.1) is 28.6 Å². The maximum atomic E-state index is 12.0. The van der Waals surface area contributed by atoms with Crippen LogP contribution in [0.4, 0.5) is 0 Å². The molecule has 1 aliphatic carbocycles. The summed E-state index contributed by atoms with van der Waals surface area (Å²) in [6.45, 7) is 7.92. The van der Waals surface area contributed by atoms with Gasteiger partial charge in [-0.15, -0.1) is 0 Å². The van der Waals surface area contributed by atoms with Gasteiger partial charge in [0, 0.05) is 25.9 Å². The van der Waals surface area contributed by atoms with E-state index in [1.807, 2.05) is 12.1 Å². The highest BCUT2D eigenvalue weighted by Crippen LogP contribution is 2.50. The minimum Gasteiger partial charge on any atom is -0.384 e. The first-order chi connectivity index (χ1) is 17.1. The van der Waals surface area contributed by atoms with Crippen LogP contribution in [0.1, 0.15) is 43.6 Å². The zero-order valence-electron chi connectivity index (χ0n) is 21.1. The molecule has 1 saturated carbocycles. The molecule has 4 rings (SSSR count). The van der Waals surface area contributed by atoms with E-state index in [9.17, 15) is 4.79 Å². The first kappa shape index (κ1) is 24.9. The number of likely N-dealkylation sites (N-methyl/N-ethyl adjacent to an activating group) is 1. The molecule has 10 heteroatoms. The largest absolute Gasteiger partial charge is 0.384 e. The molecule has 0 bridgehead atoms. The van der Waals surface area contributed by atoms with E-state index in [0.29, 0.717) is 34.6 Å². The molecular weight excluding hydrogens is 456 g/mol.